The first-order valence-corrected chi connectivity index (χ1v) is 18.7. The molecule has 0 atom stereocenters. The lowest BCUT2D eigenvalue weighted by Crippen LogP contribution is -2.61. The smallest absolute Gasteiger partial charge is 0.252 e. The van der Waals surface area contributed by atoms with E-state index in [0.29, 0.717) is 0 Å². The summed E-state index contributed by atoms with van der Waals surface area (Å²) >= 11 is 1.88. The fraction of sp³-hybridized carbons (Fsp3) is 0. The first-order valence-electron chi connectivity index (χ1n) is 17.9. The number of benzene rings is 8. The van der Waals surface area contributed by atoms with Crippen molar-refractivity contribution in [2.75, 3.05) is 9.80 Å². The molecule has 2 aliphatic rings. The van der Waals surface area contributed by atoms with E-state index in [9.17, 15) is 0 Å². The molecule has 8 aromatic carbocycles. The van der Waals surface area contributed by atoms with Crippen molar-refractivity contribution in [2.24, 2.45) is 0 Å². The van der Waals surface area contributed by atoms with Crippen molar-refractivity contribution in [1.82, 2.24) is 0 Å². The van der Waals surface area contributed by atoms with Gasteiger partial charge in [0, 0.05) is 54.3 Å². The number of thiophene rings is 1. The minimum Gasteiger partial charge on any atom is -0.311 e. The van der Waals surface area contributed by atoms with Crippen LogP contribution in [0.4, 0.5) is 34.1 Å². The highest BCUT2D eigenvalue weighted by atomic mass is 32.1. The first kappa shape index (κ1) is 29.4. The Bertz CT molecular complexity index is 2700. The molecular weight excluding hydrogens is 647 g/mol. The maximum Gasteiger partial charge on any atom is 0.252 e. The van der Waals surface area contributed by atoms with E-state index in [1.54, 1.807) is 0 Å². The summed E-state index contributed by atoms with van der Waals surface area (Å²) in [6, 6.07) is 69.1. The fourth-order valence-electron chi connectivity index (χ4n) is 8.59. The Hall–Kier alpha value is -6.36. The quantitative estimate of drug-likeness (QED) is 0.171. The maximum absolute atomic E-state index is 2.47. The van der Waals surface area contributed by atoms with Crippen LogP contribution in [0, 0.1) is 0 Å². The molecule has 1 aromatic heterocycles. The molecule has 0 N–H and O–H groups in total. The molecule has 0 radical (unpaired) electrons. The van der Waals surface area contributed by atoms with Gasteiger partial charge in [-0.1, -0.05) is 133 Å². The van der Waals surface area contributed by atoms with Crippen molar-refractivity contribution < 1.29 is 0 Å². The second-order valence-electron chi connectivity index (χ2n) is 13.7. The molecule has 0 fully saturated rings. The third-order valence-electron chi connectivity index (χ3n) is 10.8. The van der Waals surface area contributed by atoms with Crippen LogP contribution >= 0.6 is 11.3 Å². The number of hydrogen-bond donors (Lipinski definition) is 0. The minimum absolute atomic E-state index is 0.107. The van der Waals surface area contributed by atoms with Gasteiger partial charge in [0.25, 0.3) is 6.71 Å². The second-order valence-corrected chi connectivity index (χ2v) is 14.7. The van der Waals surface area contributed by atoms with Crippen LogP contribution in [-0.2, 0) is 0 Å². The highest BCUT2D eigenvalue weighted by Gasteiger charge is 2.43. The zero-order valence-corrected chi connectivity index (χ0v) is 29.1. The van der Waals surface area contributed by atoms with Crippen molar-refractivity contribution >= 4 is 88.7 Å². The van der Waals surface area contributed by atoms with E-state index in [1.165, 1.54) is 81.6 Å². The molecule has 242 valence electrons. The number of anilines is 6. The van der Waals surface area contributed by atoms with E-state index in [1.807, 2.05) is 11.3 Å². The summed E-state index contributed by atoms with van der Waals surface area (Å²) in [5.74, 6) is 0. The largest absolute Gasteiger partial charge is 0.311 e. The summed E-state index contributed by atoms with van der Waals surface area (Å²) in [6.07, 6.45) is 0. The van der Waals surface area contributed by atoms with Gasteiger partial charge in [0.05, 0.1) is 0 Å². The van der Waals surface area contributed by atoms with E-state index in [2.05, 4.69) is 198 Å². The molecule has 3 heterocycles. The standard InChI is InChI=1S/C48H31BN2S/c1-3-14-35(15-4-1)50-42-23-10-8-21-40(42)49-41-22-9-11-24-43(41)51(36-16-5-2-6-17-36)45-31-34(30-44(50)47(45)49)32-26-28-33(29-27-32)37-19-13-20-39-38-18-7-12-25-46(38)52-48(37)39/h1-31H. The van der Waals surface area contributed by atoms with Crippen molar-refractivity contribution in [3.8, 4) is 22.3 Å². The Kier molecular flexibility index (Phi) is 6.55. The molecule has 0 unspecified atom stereocenters. The summed E-state index contributed by atoms with van der Waals surface area (Å²) in [5, 5.41) is 2.66. The van der Waals surface area contributed by atoms with Gasteiger partial charge in [-0.3, -0.25) is 0 Å². The molecule has 9 aromatic rings. The van der Waals surface area contributed by atoms with E-state index in [-0.39, 0.29) is 6.71 Å². The molecule has 0 aliphatic carbocycles. The predicted octanol–water partition coefficient (Wildman–Crippen LogP) is 11.5. The Morgan fingerprint density at radius 1 is 0.385 bits per heavy atom. The Balaban J connectivity index is 1.14. The number of para-hydroxylation sites is 4. The Morgan fingerprint density at radius 2 is 0.904 bits per heavy atom. The van der Waals surface area contributed by atoms with Gasteiger partial charge in [-0.2, -0.15) is 0 Å². The molecule has 0 bridgehead atoms. The van der Waals surface area contributed by atoms with Crippen LogP contribution in [0.1, 0.15) is 0 Å². The average molecular weight is 679 g/mol. The van der Waals surface area contributed by atoms with E-state index >= 15 is 0 Å². The van der Waals surface area contributed by atoms with Gasteiger partial charge in [0.2, 0.25) is 0 Å². The van der Waals surface area contributed by atoms with Gasteiger partial charge in [-0.05, 0) is 93.2 Å². The topological polar surface area (TPSA) is 6.48 Å². The van der Waals surface area contributed by atoms with E-state index in [0.717, 1.165) is 11.4 Å². The summed E-state index contributed by atoms with van der Waals surface area (Å²) in [6.45, 7) is 0.107. The molecule has 4 heteroatoms. The average Bonchev–Trinajstić information content (AvgIpc) is 3.60. The third-order valence-corrected chi connectivity index (χ3v) is 12.1. The van der Waals surface area contributed by atoms with Crippen molar-refractivity contribution in [1.29, 1.82) is 0 Å². The Morgan fingerprint density at radius 3 is 1.54 bits per heavy atom. The van der Waals surface area contributed by atoms with Crippen molar-refractivity contribution in [2.45, 2.75) is 0 Å². The van der Waals surface area contributed by atoms with Crippen LogP contribution in [0.15, 0.2) is 188 Å². The fourth-order valence-corrected chi connectivity index (χ4v) is 9.83. The van der Waals surface area contributed by atoms with Crippen LogP contribution in [0.5, 0.6) is 0 Å². The summed E-state index contributed by atoms with van der Waals surface area (Å²) in [7, 11) is 0. The van der Waals surface area contributed by atoms with Crippen LogP contribution < -0.4 is 26.2 Å². The molecule has 0 spiro atoms. The molecule has 11 rings (SSSR count). The molecule has 2 nitrogen and oxygen atoms in total. The van der Waals surface area contributed by atoms with Gasteiger partial charge in [0.15, 0.2) is 0 Å². The molecular formula is C48H31BN2S. The normalized spacial score (nSPS) is 12.9. The summed E-state index contributed by atoms with van der Waals surface area (Å²) in [4.78, 5) is 4.95. The van der Waals surface area contributed by atoms with Crippen LogP contribution in [0.3, 0.4) is 0 Å². The molecule has 0 saturated heterocycles. The number of hydrogen-bond acceptors (Lipinski definition) is 3. The predicted molar refractivity (Wildman–Crippen MR) is 224 cm³/mol. The van der Waals surface area contributed by atoms with Crippen molar-refractivity contribution in [3.63, 3.8) is 0 Å². The van der Waals surface area contributed by atoms with E-state index in [4.69, 9.17) is 0 Å². The van der Waals surface area contributed by atoms with Crippen LogP contribution in [0.25, 0.3) is 42.4 Å². The van der Waals surface area contributed by atoms with Gasteiger partial charge in [0.1, 0.15) is 0 Å². The highest BCUT2D eigenvalue weighted by Crippen LogP contribution is 2.46. The van der Waals surface area contributed by atoms with Gasteiger partial charge in [-0.25, -0.2) is 0 Å². The monoisotopic (exact) mass is 678 g/mol. The molecule has 0 saturated carbocycles. The van der Waals surface area contributed by atoms with Crippen LogP contribution in [0.2, 0.25) is 0 Å². The third kappa shape index (κ3) is 4.38. The van der Waals surface area contributed by atoms with Gasteiger partial charge >= 0.3 is 0 Å². The molecule has 2 aliphatic heterocycles. The summed E-state index contributed by atoms with van der Waals surface area (Å²) in [5.41, 5.74) is 16.1. The summed E-state index contributed by atoms with van der Waals surface area (Å²) < 4.78 is 2.67. The second kappa shape index (κ2) is 11.6. The first-order chi connectivity index (χ1) is 25.8. The molecule has 52 heavy (non-hydrogen) atoms. The van der Waals surface area contributed by atoms with Crippen molar-refractivity contribution in [3.05, 3.63) is 188 Å². The molecule has 0 amide bonds. The lowest BCUT2D eigenvalue weighted by atomic mass is 9.33. The maximum atomic E-state index is 2.47. The zero-order valence-electron chi connectivity index (χ0n) is 28.3. The zero-order chi connectivity index (χ0) is 34.2. The number of fused-ring (bicyclic) bond motifs is 7. The highest BCUT2D eigenvalue weighted by molar-refractivity contribution is 7.26. The van der Waals surface area contributed by atoms with Gasteiger partial charge < -0.3 is 9.80 Å². The van der Waals surface area contributed by atoms with Crippen LogP contribution in [-0.4, -0.2) is 6.71 Å². The Labute approximate surface area is 307 Å². The lowest BCUT2D eigenvalue weighted by molar-refractivity contribution is 1.25. The minimum atomic E-state index is 0.107. The number of rotatable bonds is 4. The van der Waals surface area contributed by atoms with Gasteiger partial charge in [-0.15, -0.1) is 11.3 Å². The lowest BCUT2D eigenvalue weighted by Gasteiger charge is -2.44. The van der Waals surface area contributed by atoms with E-state index < -0.39 is 0 Å². The SMILES string of the molecule is c1ccc(N2c3ccccc3B3c4ccccc4N(c4ccccc4)c4cc(-c5ccc(-c6cccc7c6sc6ccccc67)cc5)cc2c43)cc1. The number of nitrogens with zero attached hydrogens (tertiary/aromatic N) is 2.